The van der Waals surface area contributed by atoms with Crippen LogP contribution in [-0.2, 0) is 4.79 Å². The molecule has 1 unspecified atom stereocenters. The molecule has 24 heavy (non-hydrogen) atoms. The minimum absolute atomic E-state index is 0.0401. The number of piperidine rings is 1. The topological polar surface area (TPSA) is 63.9 Å². The van der Waals surface area contributed by atoms with Crippen LogP contribution in [0.15, 0.2) is 24.3 Å². The maximum atomic E-state index is 12.5. The molecule has 1 aliphatic heterocycles. The smallest absolute Gasteiger partial charge is 0.223 e. The Balaban J connectivity index is 1.80. The van der Waals surface area contributed by atoms with Crippen LogP contribution < -0.4 is 0 Å². The van der Waals surface area contributed by atoms with E-state index in [-0.39, 0.29) is 11.9 Å². The monoisotopic (exact) mass is 327 g/mol. The second kappa shape index (κ2) is 7.55. The Morgan fingerprint density at radius 3 is 3.00 bits per heavy atom. The van der Waals surface area contributed by atoms with Gasteiger partial charge in [0.1, 0.15) is 0 Å². The fourth-order valence-electron chi connectivity index (χ4n) is 3.19. The average Bonchev–Trinajstić information content (AvgIpc) is 3.09. The molecule has 1 aromatic carbocycles. The molecule has 1 aromatic heterocycles. The fraction of sp³-hybridized carbons (Fsp3) is 0.556. The fourth-order valence-corrected chi connectivity index (χ4v) is 3.19. The van der Waals surface area contributed by atoms with Crippen molar-refractivity contribution in [1.29, 1.82) is 0 Å². The van der Waals surface area contributed by atoms with E-state index in [1.807, 2.05) is 36.1 Å². The summed E-state index contributed by atoms with van der Waals surface area (Å²) >= 11 is 0. The molecule has 1 saturated heterocycles. The predicted molar refractivity (Wildman–Crippen MR) is 91.7 cm³/mol. The lowest BCUT2D eigenvalue weighted by molar-refractivity contribution is -0.135. The molecule has 2 aromatic rings. The third-order valence-corrected chi connectivity index (χ3v) is 4.53. The summed E-state index contributed by atoms with van der Waals surface area (Å²) in [5, 5.41) is 13.0. The summed E-state index contributed by atoms with van der Waals surface area (Å²) in [6, 6.07) is 7.97. The first-order valence-electron chi connectivity index (χ1n) is 8.85. The van der Waals surface area contributed by atoms with Crippen molar-refractivity contribution in [3.05, 3.63) is 35.7 Å². The van der Waals surface area contributed by atoms with Crippen LogP contribution in [0.4, 0.5) is 0 Å². The largest absolute Gasteiger partial charge is 0.332 e. The van der Waals surface area contributed by atoms with Gasteiger partial charge in [0.05, 0.1) is 11.7 Å². The zero-order valence-electron chi connectivity index (χ0n) is 14.5. The highest BCUT2D eigenvalue weighted by atomic mass is 16.2. The van der Waals surface area contributed by atoms with Gasteiger partial charge in [0.25, 0.3) is 0 Å². The number of carbonyl (C=O) groups is 1. The normalized spacial score (nSPS) is 17.9. The van der Waals surface area contributed by atoms with Gasteiger partial charge in [-0.2, -0.15) is 0 Å². The maximum absolute atomic E-state index is 12.5. The lowest BCUT2D eigenvalue weighted by Crippen LogP contribution is -2.39. The third-order valence-electron chi connectivity index (χ3n) is 4.53. The van der Waals surface area contributed by atoms with Crippen LogP contribution in [0.5, 0.6) is 0 Å². The first-order chi connectivity index (χ1) is 11.7. The highest BCUT2D eigenvalue weighted by molar-refractivity contribution is 5.76. The summed E-state index contributed by atoms with van der Waals surface area (Å²) in [6.45, 7) is 4.94. The van der Waals surface area contributed by atoms with Crippen LogP contribution in [0, 0.1) is 6.92 Å². The Labute approximate surface area is 142 Å². The Morgan fingerprint density at radius 2 is 2.21 bits per heavy atom. The number of nitrogens with zero attached hydrogens (tertiary/aromatic N) is 5. The Kier molecular flexibility index (Phi) is 5.23. The molecule has 6 nitrogen and oxygen atoms in total. The first kappa shape index (κ1) is 16.6. The summed E-state index contributed by atoms with van der Waals surface area (Å²) in [5.41, 5.74) is 2.05. The number of aromatic nitrogens is 4. The number of unbranched alkanes of at least 4 members (excludes halogenated alkanes) is 1. The van der Waals surface area contributed by atoms with E-state index < -0.39 is 0 Å². The standard InChI is InChI=1S/C18H25N5O/c1-3-4-11-17(24)22-12-6-5-10-16(22)18-19-21-23(20-18)15-9-7-8-14(2)13-15/h7-9,13,16H,3-6,10-12H2,1-2H3. The van der Waals surface area contributed by atoms with E-state index in [1.165, 1.54) is 0 Å². The van der Waals surface area contributed by atoms with E-state index in [1.54, 1.807) is 4.80 Å². The number of likely N-dealkylation sites (tertiary alicyclic amines) is 1. The molecular weight excluding hydrogens is 302 g/mol. The van der Waals surface area contributed by atoms with Crippen molar-refractivity contribution in [2.24, 2.45) is 0 Å². The predicted octanol–water partition coefficient (Wildman–Crippen LogP) is 3.21. The molecule has 1 atom stereocenters. The number of tetrazole rings is 1. The second-order valence-electron chi connectivity index (χ2n) is 6.48. The maximum Gasteiger partial charge on any atom is 0.223 e. The van der Waals surface area contributed by atoms with Gasteiger partial charge in [-0.1, -0.05) is 25.5 Å². The molecule has 1 aliphatic rings. The van der Waals surface area contributed by atoms with E-state index in [9.17, 15) is 4.79 Å². The van der Waals surface area contributed by atoms with Gasteiger partial charge in [-0.05, 0) is 55.5 Å². The van der Waals surface area contributed by atoms with Crippen molar-refractivity contribution in [2.45, 2.75) is 58.4 Å². The lowest BCUT2D eigenvalue weighted by Gasteiger charge is -2.33. The van der Waals surface area contributed by atoms with E-state index in [4.69, 9.17) is 0 Å². The number of amides is 1. The zero-order valence-corrected chi connectivity index (χ0v) is 14.5. The van der Waals surface area contributed by atoms with Gasteiger partial charge >= 0.3 is 0 Å². The molecule has 0 aliphatic carbocycles. The Hall–Kier alpha value is -2.24. The van der Waals surface area contributed by atoms with Gasteiger partial charge in [0.15, 0.2) is 5.82 Å². The SMILES string of the molecule is CCCCC(=O)N1CCCCC1c1nnn(-c2cccc(C)c2)n1. The summed E-state index contributed by atoms with van der Waals surface area (Å²) in [4.78, 5) is 16.0. The van der Waals surface area contributed by atoms with Gasteiger partial charge in [-0.15, -0.1) is 15.0 Å². The zero-order chi connectivity index (χ0) is 16.9. The molecule has 1 fully saturated rings. The molecule has 2 heterocycles. The van der Waals surface area contributed by atoms with Crippen LogP contribution in [-0.4, -0.2) is 37.6 Å². The van der Waals surface area contributed by atoms with Gasteiger partial charge < -0.3 is 4.90 Å². The number of hydrogen-bond acceptors (Lipinski definition) is 4. The number of rotatable bonds is 5. The molecule has 0 N–H and O–H groups in total. The van der Waals surface area contributed by atoms with Gasteiger partial charge in [-0.25, -0.2) is 0 Å². The van der Waals surface area contributed by atoms with Gasteiger partial charge in [-0.3, -0.25) is 4.79 Å². The minimum atomic E-state index is -0.0401. The van der Waals surface area contributed by atoms with Crippen LogP contribution in [0.25, 0.3) is 5.69 Å². The lowest BCUT2D eigenvalue weighted by atomic mass is 10.0. The van der Waals surface area contributed by atoms with E-state index in [0.29, 0.717) is 12.2 Å². The number of aryl methyl sites for hydroxylation is 1. The quantitative estimate of drug-likeness (QED) is 0.846. The summed E-state index contributed by atoms with van der Waals surface area (Å²) in [7, 11) is 0. The van der Waals surface area contributed by atoms with Crippen LogP contribution in [0.2, 0.25) is 0 Å². The molecule has 0 bridgehead atoms. The molecule has 0 radical (unpaired) electrons. The van der Waals surface area contributed by atoms with Crippen molar-refractivity contribution in [3.63, 3.8) is 0 Å². The highest BCUT2D eigenvalue weighted by Crippen LogP contribution is 2.29. The van der Waals surface area contributed by atoms with Gasteiger partial charge in [0, 0.05) is 13.0 Å². The van der Waals surface area contributed by atoms with Crippen molar-refractivity contribution < 1.29 is 4.79 Å². The van der Waals surface area contributed by atoms with E-state index >= 15 is 0 Å². The molecular formula is C18H25N5O. The Morgan fingerprint density at radius 1 is 1.33 bits per heavy atom. The molecule has 128 valence electrons. The number of hydrogen-bond donors (Lipinski definition) is 0. The Bertz CT molecular complexity index is 696. The number of carbonyl (C=O) groups excluding carboxylic acids is 1. The molecule has 3 rings (SSSR count). The third kappa shape index (κ3) is 3.63. The second-order valence-corrected chi connectivity index (χ2v) is 6.48. The first-order valence-corrected chi connectivity index (χ1v) is 8.85. The van der Waals surface area contributed by atoms with Crippen molar-refractivity contribution in [1.82, 2.24) is 25.1 Å². The highest BCUT2D eigenvalue weighted by Gasteiger charge is 2.30. The molecule has 0 spiro atoms. The average molecular weight is 327 g/mol. The van der Waals surface area contributed by atoms with E-state index in [0.717, 1.165) is 49.9 Å². The minimum Gasteiger partial charge on any atom is -0.332 e. The van der Waals surface area contributed by atoms with Crippen molar-refractivity contribution in [3.8, 4) is 5.69 Å². The van der Waals surface area contributed by atoms with Crippen molar-refractivity contribution >= 4 is 5.91 Å². The van der Waals surface area contributed by atoms with Crippen LogP contribution in [0.3, 0.4) is 0 Å². The number of benzene rings is 1. The molecule has 6 heteroatoms. The summed E-state index contributed by atoms with van der Waals surface area (Å²) < 4.78 is 0. The molecule has 1 amide bonds. The van der Waals surface area contributed by atoms with Crippen LogP contribution >= 0.6 is 0 Å². The molecule has 0 saturated carbocycles. The van der Waals surface area contributed by atoms with Crippen LogP contribution in [0.1, 0.15) is 62.9 Å². The van der Waals surface area contributed by atoms with Gasteiger partial charge in [0.2, 0.25) is 5.91 Å². The summed E-state index contributed by atoms with van der Waals surface area (Å²) in [5.74, 6) is 0.870. The van der Waals surface area contributed by atoms with Crippen molar-refractivity contribution in [2.75, 3.05) is 6.54 Å². The van der Waals surface area contributed by atoms with E-state index in [2.05, 4.69) is 22.3 Å². The summed E-state index contributed by atoms with van der Waals surface area (Å²) in [6.07, 6.45) is 5.65.